The van der Waals surface area contributed by atoms with Crippen LogP contribution in [0.5, 0.6) is 5.75 Å². The van der Waals surface area contributed by atoms with Gasteiger partial charge < -0.3 is 10.1 Å². The van der Waals surface area contributed by atoms with Crippen LogP contribution in [-0.2, 0) is 14.8 Å². The number of anilines is 2. The van der Waals surface area contributed by atoms with E-state index in [9.17, 15) is 23.3 Å². The molecule has 0 aliphatic carbocycles. The zero-order valence-electron chi connectivity index (χ0n) is 18.3. The van der Waals surface area contributed by atoms with Gasteiger partial charge in [0.25, 0.3) is 15.7 Å². The molecule has 0 unspecified atom stereocenters. The number of carbonyl (C=O) groups excluding carboxylic acids is 1. The summed E-state index contributed by atoms with van der Waals surface area (Å²) in [6.07, 6.45) is 0. The Morgan fingerprint density at radius 2 is 1.73 bits per heavy atom. The van der Waals surface area contributed by atoms with Crippen molar-refractivity contribution in [3.63, 3.8) is 0 Å². The minimum absolute atomic E-state index is 0.0234. The van der Waals surface area contributed by atoms with E-state index in [1.807, 2.05) is 6.92 Å². The van der Waals surface area contributed by atoms with Crippen LogP contribution in [0.25, 0.3) is 0 Å². The smallest absolute Gasteiger partial charge is 0.274 e. The highest BCUT2D eigenvalue weighted by Crippen LogP contribution is 2.28. The molecule has 0 aliphatic rings. The van der Waals surface area contributed by atoms with E-state index in [0.29, 0.717) is 5.75 Å². The van der Waals surface area contributed by atoms with Gasteiger partial charge >= 0.3 is 0 Å². The fourth-order valence-corrected chi connectivity index (χ4v) is 4.61. The van der Waals surface area contributed by atoms with Crippen molar-refractivity contribution in [3.05, 3.63) is 88.0 Å². The van der Waals surface area contributed by atoms with Crippen molar-refractivity contribution in [1.82, 2.24) is 0 Å². The first-order valence-corrected chi connectivity index (χ1v) is 11.3. The van der Waals surface area contributed by atoms with Crippen molar-refractivity contribution >= 4 is 33.0 Å². The average Bonchev–Trinajstić information content (AvgIpc) is 2.79. The van der Waals surface area contributed by atoms with Gasteiger partial charge in [-0.05, 0) is 44.2 Å². The topological polar surface area (TPSA) is 119 Å². The lowest BCUT2D eigenvalue weighted by molar-refractivity contribution is -0.385. The number of nitrogens with zero attached hydrogens (tertiary/aromatic N) is 2. The second-order valence-electron chi connectivity index (χ2n) is 7.28. The Morgan fingerprint density at radius 3 is 2.36 bits per heavy atom. The lowest BCUT2D eigenvalue weighted by atomic mass is 10.1. The van der Waals surface area contributed by atoms with E-state index in [4.69, 9.17) is 4.74 Å². The number of carbonyl (C=O) groups is 1. The number of hydrogen-bond acceptors (Lipinski definition) is 6. The molecule has 33 heavy (non-hydrogen) atoms. The number of nitro benzene ring substituents is 1. The Balaban J connectivity index is 1.98. The van der Waals surface area contributed by atoms with Crippen molar-refractivity contribution in [3.8, 4) is 5.75 Å². The third kappa shape index (κ3) is 5.29. The molecular weight excluding hydrogens is 446 g/mol. The summed E-state index contributed by atoms with van der Waals surface area (Å²) in [6.45, 7) is 2.80. The van der Waals surface area contributed by atoms with Crippen molar-refractivity contribution in [2.45, 2.75) is 18.7 Å². The van der Waals surface area contributed by atoms with Crippen molar-refractivity contribution in [2.75, 3.05) is 23.3 Å². The first kappa shape index (κ1) is 23.7. The second kappa shape index (κ2) is 9.70. The van der Waals surface area contributed by atoms with Crippen LogP contribution in [0, 0.1) is 24.0 Å². The Kier molecular flexibility index (Phi) is 6.98. The Morgan fingerprint density at radius 1 is 1.06 bits per heavy atom. The van der Waals surface area contributed by atoms with Gasteiger partial charge in [-0.15, -0.1) is 0 Å². The molecule has 9 nitrogen and oxygen atoms in total. The number of nitrogens with one attached hydrogen (secondary N) is 1. The molecule has 1 amide bonds. The lowest BCUT2D eigenvalue weighted by Gasteiger charge is -2.24. The van der Waals surface area contributed by atoms with Crippen LogP contribution in [0.15, 0.2) is 71.6 Å². The van der Waals surface area contributed by atoms with Crippen LogP contribution in [0.1, 0.15) is 11.1 Å². The summed E-state index contributed by atoms with van der Waals surface area (Å²) in [5, 5.41) is 13.8. The van der Waals surface area contributed by atoms with Crippen LogP contribution >= 0.6 is 0 Å². The molecule has 3 aromatic rings. The number of aryl methyl sites for hydroxylation is 1. The first-order chi connectivity index (χ1) is 15.6. The van der Waals surface area contributed by atoms with Gasteiger partial charge in [0.1, 0.15) is 12.3 Å². The molecule has 0 saturated heterocycles. The Labute approximate surface area is 191 Å². The van der Waals surface area contributed by atoms with Gasteiger partial charge in [0.05, 0.1) is 33.9 Å². The zero-order chi connectivity index (χ0) is 24.2. The van der Waals surface area contributed by atoms with Gasteiger partial charge in [-0.3, -0.25) is 19.2 Å². The predicted molar refractivity (Wildman–Crippen MR) is 125 cm³/mol. The van der Waals surface area contributed by atoms with E-state index in [2.05, 4.69) is 5.32 Å². The number of methoxy groups -OCH3 is 1. The standard InChI is InChI=1S/C23H23N3O6S/c1-16-10-12-20(13-11-16)33(30,31)25(18-6-4-7-19(14-18)32-3)15-23(27)24-21-8-5-9-22(17(21)2)26(28)29/h4-14H,15H2,1-3H3,(H,24,27). The maximum atomic E-state index is 13.5. The maximum Gasteiger partial charge on any atom is 0.274 e. The lowest BCUT2D eigenvalue weighted by Crippen LogP contribution is -2.38. The summed E-state index contributed by atoms with van der Waals surface area (Å²) in [7, 11) is -2.65. The molecule has 3 aromatic carbocycles. The van der Waals surface area contributed by atoms with E-state index in [0.717, 1.165) is 9.87 Å². The first-order valence-electron chi connectivity index (χ1n) is 9.91. The quantitative estimate of drug-likeness (QED) is 0.393. The van der Waals surface area contributed by atoms with Crippen molar-refractivity contribution < 1.29 is 22.9 Å². The van der Waals surface area contributed by atoms with E-state index in [1.54, 1.807) is 30.3 Å². The van der Waals surface area contributed by atoms with Gasteiger partial charge in [-0.1, -0.05) is 29.8 Å². The molecule has 172 valence electrons. The third-order valence-electron chi connectivity index (χ3n) is 5.01. The van der Waals surface area contributed by atoms with E-state index < -0.39 is 27.4 Å². The predicted octanol–water partition coefficient (Wildman–Crippen LogP) is 4.05. The monoisotopic (exact) mass is 469 g/mol. The summed E-state index contributed by atoms with van der Waals surface area (Å²) in [4.78, 5) is 23.6. The summed E-state index contributed by atoms with van der Waals surface area (Å²) in [6, 6.07) is 16.9. The summed E-state index contributed by atoms with van der Waals surface area (Å²) in [5.41, 5.74) is 1.48. The largest absolute Gasteiger partial charge is 0.497 e. The highest BCUT2D eigenvalue weighted by atomic mass is 32.2. The van der Waals surface area contributed by atoms with Gasteiger partial charge in [0, 0.05) is 12.1 Å². The molecule has 0 atom stereocenters. The minimum atomic E-state index is -4.11. The number of benzene rings is 3. The maximum absolute atomic E-state index is 13.5. The molecule has 3 rings (SSSR count). The summed E-state index contributed by atoms with van der Waals surface area (Å²) in [5.74, 6) is -0.233. The van der Waals surface area contributed by atoms with Gasteiger partial charge in [0.15, 0.2) is 0 Å². The highest BCUT2D eigenvalue weighted by molar-refractivity contribution is 7.92. The molecule has 0 radical (unpaired) electrons. The summed E-state index contributed by atoms with van der Waals surface area (Å²) >= 11 is 0. The number of sulfonamides is 1. The molecule has 1 N–H and O–H groups in total. The Hall–Kier alpha value is -3.92. The van der Waals surface area contributed by atoms with Crippen LogP contribution in [0.2, 0.25) is 0 Å². The van der Waals surface area contributed by atoms with Gasteiger partial charge in [0.2, 0.25) is 5.91 Å². The fraction of sp³-hybridized carbons (Fsp3) is 0.174. The number of amides is 1. The SMILES string of the molecule is COc1cccc(N(CC(=O)Nc2cccc([N+](=O)[O-])c2C)S(=O)(=O)c2ccc(C)cc2)c1. The number of nitro groups is 1. The molecular formula is C23H23N3O6S. The normalized spacial score (nSPS) is 11.0. The molecule has 0 bridgehead atoms. The Bertz CT molecular complexity index is 1290. The second-order valence-corrected chi connectivity index (χ2v) is 9.14. The highest BCUT2D eigenvalue weighted by Gasteiger charge is 2.28. The molecule has 0 aliphatic heterocycles. The summed E-state index contributed by atoms with van der Waals surface area (Å²) < 4.78 is 33.1. The van der Waals surface area contributed by atoms with Crippen LogP contribution in [-0.4, -0.2) is 32.9 Å². The molecule has 0 saturated carbocycles. The molecule has 0 fully saturated rings. The third-order valence-corrected chi connectivity index (χ3v) is 6.80. The molecule has 10 heteroatoms. The zero-order valence-corrected chi connectivity index (χ0v) is 19.1. The molecule has 0 heterocycles. The van der Waals surface area contributed by atoms with E-state index in [-0.39, 0.29) is 27.5 Å². The van der Waals surface area contributed by atoms with Gasteiger partial charge in [-0.2, -0.15) is 0 Å². The average molecular weight is 470 g/mol. The van der Waals surface area contributed by atoms with E-state index >= 15 is 0 Å². The van der Waals surface area contributed by atoms with Gasteiger partial charge in [-0.25, -0.2) is 8.42 Å². The van der Waals surface area contributed by atoms with Crippen LogP contribution in [0.3, 0.4) is 0 Å². The van der Waals surface area contributed by atoms with Crippen LogP contribution < -0.4 is 14.4 Å². The van der Waals surface area contributed by atoms with Crippen LogP contribution in [0.4, 0.5) is 17.1 Å². The molecule has 0 spiro atoms. The fourth-order valence-electron chi connectivity index (χ4n) is 3.19. The number of hydrogen-bond donors (Lipinski definition) is 1. The number of rotatable bonds is 8. The minimum Gasteiger partial charge on any atom is -0.497 e. The van der Waals surface area contributed by atoms with E-state index in [1.165, 1.54) is 50.4 Å². The molecule has 0 aromatic heterocycles. The van der Waals surface area contributed by atoms with Crippen molar-refractivity contribution in [2.24, 2.45) is 0 Å². The van der Waals surface area contributed by atoms with Crippen molar-refractivity contribution in [1.29, 1.82) is 0 Å². The number of ether oxygens (including phenoxy) is 1.